The Morgan fingerprint density at radius 1 is 1.19 bits per heavy atom. The lowest BCUT2D eigenvalue weighted by Crippen LogP contribution is -2.17. The number of hydrogen-bond acceptors (Lipinski definition) is 3. The second kappa shape index (κ2) is 4.16. The molecule has 0 bridgehead atoms. The van der Waals surface area contributed by atoms with E-state index in [0.717, 1.165) is 16.9 Å². The predicted octanol–water partition coefficient (Wildman–Crippen LogP) is 2.60. The molecule has 0 saturated heterocycles. The number of aryl methyl sites for hydroxylation is 1. The first-order chi connectivity index (χ1) is 7.59. The van der Waals surface area contributed by atoms with Crippen LogP contribution in [0.2, 0.25) is 0 Å². The molecular weight excluding hydrogens is 204 g/mol. The SMILES string of the molecule is Cc1cc2c(cc1C(=O)C(C)C)OCCO2. The molecule has 0 saturated carbocycles. The highest BCUT2D eigenvalue weighted by Gasteiger charge is 2.19. The lowest BCUT2D eigenvalue weighted by molar-refractivity contribution is 0.0937. The van der Waals surface area contributed by atoms with E-state index in [9.17, 15) is 4.79 Å². The fraction of sp³-hybridized carbons (Fsp3) is 0.462. The van der Waals surface area contributed by atoms with Crippen LogP contribution >= 0.6 is 0 Å². The van der Waals surface area contributed by atoms with Crippen molar-refractivity contribution in [2.75, 3.05) is 13.2 Å². The minimum atomic E-state index is 0.00117. The normalized spacial score (nSPS) is 14.0. The van der Waals surface area contributed by atoms with Crippen molar-refractivity contribution in [3.8, 4) is 11.5 Å². The van der Waals surface area contributed by atoms with Crippen LogP contribution in [0.1, 0.15) is 29.8 Å². The number of ether oxygens (including phenoxy) is 2. The highest BCUT2D eigenvalue weighted by Crippen LogP contribution is 2.33. The van der Waals surface area contributed by atoms with Gasteiger partial charge in [0, 0.05) is 11.5 Å². The van der Waals surface area contributed by atoms with Gasteiger partial charge in [0.1, 0.15) is 13.2 Å². The largest absolute Gasteiger partial charge is 0.486 e. The minimum Gasteiger partial charge on any atom is -0.486 e. The van der Waals surface area contributed by atoms with E-state index < -0.39 is 0 Å². The second-order valence-corrected chi connectivity index (χ2v) is 4.33. The van der Waals surface area contributed by atoms with E-state index in [1.54, 1.807) is 6.07 Å². The molecule has 0 amide bonds. The van der Waals surface area contributed by atoms with Crippen LogP contribution in [0.15, 0.2) is 12.1 Å². The maximum Gasteiger partial charge on any atom is 0.165 e. The van der Waals surface area contributed by atoms with Crippen LogP contribution in [-0.4, -0.2) is 19.0 Å². The monoisotopic (exact) mass is 220 g/mol. The Morgan fingerprint density at radius 3 is 2.31 bits per heavy atom. The van der Waals surface area contributed by atoms with Gasteiger partial charge in [-0.1, -0.05) is 13.8 Å². The second-order valence-electron chi connectivity index (χ2n) is 4.33. The number of rotatable bonds is 2. The van der Waals surface area contributed by atoms with Crippen molar-refractivity contribution in [3.63, 3.8) is 0 Å². The molecule has 0 atom stereocenters. The van der Waals surface area contributed by atoms with Crippen molar-refractivity contribution >= 4 is 5.78 Å². The van der Waals surface area contributed by atoms with Gasteiger partial charge >= 0.3 is 0 Å². The van der Waals surface area contributed by atoms with Crippen LogP contribution in [-0.2, 0) is 0 Å². The summed E-state index contributed by atoms with van der Waals surface area (Å²) in [6.45, 7) is 6.85. The Balaban J connectivity index is 2.43. The zero-order valence-electron chi connectivity index (χ0n) is 9.87. The third-order valence-electron chi connectivity index (χ3n) is 2.68. The molecule has 1 aliphatic heterocycles. The Bertz CT molecular complexity index is 421. The zero-order valence-corrected chi connectivity index (χ0v) is 9.87. The van der Waals surface area contributed by atoms with Gasteiger partial charge < -0.3 is 9.47 Å². The molecule has 1 aromatic carbocycles. The summed E-state index contributed by atoms with van der Waals surface area (Å²) in [5, 5.41) is 0. The molecule has 0 spiro atoms. The van der Waals surface area contributed by atoms with E-state index in [1.165, 1.54) is 0 Å². The average molecular weight is 220 g/mol. The summed E-state index contributed by atoms with van der Waals surface area (Å²) < 4.78 is 10.9. The zero-order chi connectivity index (χ0) is 11.7. The Morgan fingerprint density at radius 2 is 1.75 bits per heavy atom. The van der Waals surface area contributed by atoms with Crippen molar-refractivity contribution in [1.82, 2.24) is 0 Å². The summed E-state index contributed by atoms with van der Waals surface area (Å²) in [7, 11) is 0. The van der Waals surface area contributed by atoms with Gasteiger partial charge in [0.25, 0.3) is 0 Å². The van der Waals surface area contributed by atoms with Crippen LogP contribution in [0.3, 0.4) is 0 Å². The number of ketones is 1. The van der Waals surface area contributed by atoms with Crippen LogP contribution in [0, 0.1) is 12.8 Å². The number of hydrogen-bond donors (Lipinski definition) is 0. The van der Waals surface area contributed by atoms with Crippen LogP contribution < -0.4 is 9.47 Å². The Labute approximate surface area is 95.4 Å². The molecule has 16 heavy (non-hydrogen) atoms. The molecule has 86 valence electrons. The fourth-order valence-corrected chi connectivity index (χ4v) is 1.77. The van der Waals surface area contributed by atoms with Crippen molar-refractivity contribution in [1.29, 1.82) is 0 Å². The van der Waals surface area contributed by atoms with E-state index >= 15 is 0 Å². The standard InChI is InChI=1S/C13H16O3/c1-8(2)13(14)10-7-12-11(6-9(10)3)15-4-5-16-12/h6-8H,4-5H2,1-3H3. The number of carbonyl (C=O) groups is 1. The summed E-state index contributed by atoms with van der Waals surface area (Å²) in [6, 6.07) is 3.68. The van der Waals surface area contributed by atoms with E-state index in [2.05, 4.69) is 0 Å². The quantitative estimate of drug-likeness (QED) is 0.719. The number of benzene rings is 1. The highest BCUT2D eigenvalue weighted by atomic mass is 16.6. The van der Waals surface area contributed by atoms with Gasteiger partial charge in [0.05, 0.1) is 0 Å². The molecule has 1 aromatic rings. The predicted molar refractivity (Wildman–Crippen MR) is 61.3 cm³/mol. The third kappa shape index (κ3) is 1.90. The van der Waals surface area contributed by atoms with Crippen LogP contribution in [0.4, 0.5) is 0 Å². The van der Waals surface area contributed by atoms with Gasteiger partial charge in [0.2, 0.25) is 0 Å². The molecule has 0 radical (unpaired) electrons. The first kappa shape index (κ1) is 11.0. The maximum absolute atomic E-state index is 12.0. The molecule has 0 fully saturated rings. The fourth-order valence-electron chi connectivity index (χ4n) is 1.77. The highest BCUT2D eigenvalue weighted by molar-refractivity contribution is 5.99. The molecule has 0 unspecified atom stereocenters. The Hall–Kier alpha value is -1.51. The Kier molecular flexibility index (Phi) is 2.86. The molecule has 1 heterocycles. The molecule has 0 N–H and O–H groups in total. The third-order valence-corrected chi connectivity index (χ3v) is 2.68. The van der Waals surface area contributed by atoms with Crippen molar-refractivity contribution in [2.24, 2.45) is 5.92 Å². The van der Waals surface area contributed by atoms with Gasteiger partial charge in [-0.25, -0.2) is 0 Å². The number of carbonyl (C=O) groups excluding carboxylic acids is 1. The summed E-state index contributed by atoms with van der Waals surface area (Å²) in [5.41, 5.74) is 1.68. The lowest BCUT2D eigenvalue weighted by atomic mass is 9.96. The van der Waals surface area contributed by atoms with Gasteiger partial charge in [-0.05, 0) is 24.6 Å². The molecule has 2 rings (SSSR count). The van der Waals surface area contributed by atoms with Crippen LogP contribution in [0.25, 0.3) is 0 Å². The summed E-state index contributed by atoms with van der Waals surface area (Å²) in [4.78, 5) is 12.0. The topological polar surface area (TPSA) is 35.5 Å². The number of fused-ring (bicyclic) bond motifs is 1. The van der Waals surface area contributed by atoms with Gasteiger partial charge in [-0.3, -0.25) is 4.79 Å². The number of Topliss-reactive ketones (excluding diaryl/α,β-unsaturated/α-hetero) is 1. The minimum absolute atomic E-state index is 0.00117. The van der Waals surface area contributed by atoms with E-state index in [-0.39, 0.29) is 11.7 Å². The van der Waals surface area contributed by atoms with Crippen LogP contribution in [0.5, 0.6) is 11.5 Å². The maximum atomic E-state index is 12.0. The van der Waals surface area contributed by atoms with E-state index in [4.69, 9.17) is 9.47 Å². The van der Waals surface area contributed by atoms with Crippen molar-refractivity contribution in [2.45, 2.75) is 20.8 Å². The molecule has 1 aliphatic rings. The lowest BCUT2D eigenvalue weighted by Gasteiger charge is -2.20. The van der Waals surface area contributed by atoms with Gasteiger partial charge in [-0.15, -0.1) is 0 Å². The molecule has 3 heteroatoms. The summed E-state index contributed by atoms with van der Waals surface area (Å²) >= 11 is 0. The summed E-state index contributed by atoms with van der Waals surface area (Å²) in [6.07, 6.45) is 0. The van der Waals surface area contributed by atoms with E-state index in [1.807, 2.05) is 26.8 Å². The summed E-state index contributed by atoms with van der Waals surface area (Å²) in [5.74, 6) is 1.57. The van der Waals surface area contributed by atoms with Gasteiger partial charge in [0.15, 0.2) is 17.3 Å². The van der Waals surface area contributed by atoms with E-state index in [0.29, 0.717) is 19.0 Å². The molecule has 0 aromatic heterocycles. The molecular formula is C13H16O3. The first-order valence-corrected chi connectivity index (χ1v) is 5.54. The average Bonchev–Trinajstić information content (AvgIpc) is 2.27. The molecule has 0 aliphatic carbocycles. The smallest absolute Gasteiger partial charge is 0.165 e. The van der Waals surface area contributed by atoms with Gasteiger partial charge in [-0.2, -0.15) is 0 Å². The van der Waals surface area contributed by atoms with Crippen molar-refractivity contribution in [3.05, 3.63) is 23.3 Å². The first-order valence-electron chi connectivity index (χ1n) is 5.54. The molecule has 3 nitrogen and oxygen atoms in total. The van der Waals surface area contributed by atoms with Crippen molar-refractivity contribution < 1.29 is 14.3 Å².